The summed E-state index contributed by atoms with van der Waals surface area (Å²) in [7, 11) is 0. The van der Waals surface area contributed by atoms with Crippen LogP contribution >= 0.6 is 24.0 Å². The molecule has 1 aromatic carbocycles. The van der Waals surface area contributed by atoms with E-state index in [1.54, 1.807) is 0 Å². The second kappa shape index (κ2) is 15.4. The zero-order valence-electron chi connectivity index (χ0n) is 15.7. The van der Waals surface area contributed by atoms with Gasteiger partial charge in [0.15, 0.2) is 5.96 Å². The first-order chi connectivity index (χ1) is 11.6. The minimum Gasteiger partial charge on any atom is -0.391 e. The number of halogens is 1. The Balaban J connectivity index is 0.00000576. The van der Waals surface area contributed by atoms with Crippen molar-refractivity contribution < 1.29 is 9.84 Å². The molecule has 0 aliphatic heterocycles. The normalized spacial score (nSPS) is 12.6. The van der Waals surface area contributed by atoms with Crippen molar-refractivity contribution in [1.82, 2.24) is 10.6 Å². The zero-order chi connectivity index (χ0) is 17.6. The average Bonchev–Trinajstić information content (AvgIpc) is 2.56. The fraction of sp³-hybridized carbons (Fsp3) is 0.632. The van der Waals surface area contributed by atoms with Gasteiger partial charge in [0.2, 0.25) is 0 Å². The molecule has 144 valence electrons. The molecule has 1 rings (SSSR count). The van der Waals surface area contributed by atoms with Crippen LogP contribution < -0.4 is 10.6 Å². The lowest BCUT2D eigenvalue weighted by molar-refractivity contribution is 0.128. The third-order valence-corrected chi connectivity index (χ3v) is 3.50. The highest BCUT2D eigenvalue weighted by atomic mass is 127. The first-order valence-electron chi connectivity index (χ1n) is 8.93. The molecule has 0 aliphatic carbocycles. The van der Waals surface area contributed by atoms with Crippen molar-refractivity contribution >= 4 is 29.9 Å². The van der Waals surface area contributed by atoms with E-state index in [0.717, 1.165) is 31.1 Å². The van der Waals surface area contributed by atoms with Crippen LogP contribution in [0.1, 0.15) is 32.8 Å². The predicted molar refractivity (Wildman–Crippen MR) is 116 cm³/mol. The largest absolute Gasteiger partial charge is 0.391 e. The molecule has 0 saturated carbocycles. The van der Waals surface area contributed by atoms with Crippen LogP contribution in [-0.2, 0) is 11.2 Å². The van der Waals surface area contributed by atoms with E-state index in [2.05, 4.69) is 29.5 Å². The van der Waals surface area contributed by atoms with Gasteiger partial charge in [-0.3, -0.25) is 4.99 Å². The Hall–Kier alpha value is -0.860. The van der Waals surface area contributed by atoms with E-state index in [9.17, 15) is 5.11 Å². The van der Waals surface area contributed by atoms with Crippen molar-refractivity contribution in [3.8, 4) is 0 Å². The van der Waals surface area contributed by atoms with E-state index in [0.29, 0.717) is 32.0 Å². The lowest BCUT2D eigenvalue weighted by atomic mass is 10.1. The number of nitrogens with one attached hydrogen (secondary N) is 2. The standard InChI is InChI=1S/C19H33N3O2.HI/c1-4-20-19(21-11-13-24-12-10-16(2)3)22-15-18(23)14-17-8-6-5-7-9-17;/h5-9,16,18,23H,4,10-15H2,1-3H3,(H2,20,21,22);1H. The van der Waals surface area contributed by atoms with E-state index >= 15 is 0 Å². The molecule has 1 aromatic rings. The molecule has 1 unspecified atom stereocenters. The van der Waals surface area contributed by atoms with Crippen LogP contribution in [0.25, 0.3) is 0 Å². The number of ether oxygens (including phenoxy) is 1. The third-order valence-electron chi connectivity index (χ3n) is 3.50. The fourth-order valence-electron chi connectivity index (χ4n) is 2.15. The van der Waals surface area contributed by atoms with Gasteiger partial charge in [0.25, 0.3) is 0 Å². The summed E-state index contributed by atoms with van der Waals surface area (Å²) in [6.45, 7) is 9.73. The topological polar surface area (TPSA) is 65.9 Å². The van der Waals surface area contributed by atoms with Crippen molar-refractivity contribution in [2.24, 2.45) is 10.9 Å². The van der Waals surface area contributed by atoms with Gasteiger partial charge in [0, 0.05) is 26.1 Å². The number of aliphatic hydroxyl groups is 1. The average molecular weight is 463 g/mol. The molecule has 0 radical (unpaired) electrons. The van der Waals surface area contributed by atoms with E-state index in [1.807, 2.05) is 37.3 Å². The number of rotatable bonds is 11. The van der Waals surface area contributed by atoms with Gasteiger partial charge in [-0.25, -0.2) is 0 Å². The van der Waals surface area contributed by atoms with E-state index in [4.69, 9.17) is 4.74 Å². The highest BCUT2D eigenvalue weighted by molar-refractivity contribution is 14.0. The zero-order valence-corrected chi connectivity index (χ0v) is 18.0. The molecule has 3 N–H and O–H groups in total. The Bertz CT molecular complexity index is 455. The Morgan fingerprint density at radius 1 is 1.16 bits per heavy atom. The molecule has 1 atom stereocenters. The quantitative estimate of drug-likeness (QED) is 0.204. The van der Waals surface area contributed by atoms with Gasteiger partial charge in [-0.1, -0.05) is 44.2 Å². The molecule has 0 saturated heterocycles. The van der Waals surface area contributed by atoms with Gasteiger partial charge < -0.3 is 20.5 Å². The van der Waals surface area contributed by atoms with Crippen molar-refractivity contribution in [3.63, 3.8) is 0 Å². The van der Waals surface area contributed by atoms with Crippen molar-refractivity contribution in [1.29, 1.82) is 0 Å². The van der Waals surface area contributed by atoms with Crippen LogP contribution in [0.4, 0.5) is 0 Å². The molecule has 0 spiro atoms. The number of aliphatic hydroxyl groups excluding tert-OH is 1. The summed E-state index contributed by atoms with van der Waals surface area (Å²) in [5.74, 6) is 1.39. The van der Waals surface area contributed by atoms with Crippen LogP contribution in [0, 0.1) is 5.92 Å². The predicted octanol–water partition coefficient (Wildman–Crippen LogP) is 2.83. The molecular weight excluding hydrogens is 429 g/mol. The highest BCUT2D eigenvalue weighted by Crippen LogP contribution is 2.03. The summed E-state index contributed by atoms with van der Waals surface area (Å²) in [6.07, 6.45) is 1.21. The van der Waals surface area contributed by atoms with E-state index in [-0.39, 0.29) is 24.0 Å². The van der Waals surface area contributed by atoms with Crippen molar-refractivity contribution in [2.45, 2.75) is 39.7 Å². The Labute approximate surface area is 169 Å². The van der Waals surface area contributed by atoms with Crippen LogP contribution in [0.15, 0.2) is 35.3 Å². The van der Waals surface area contributed by atoms with Crippen LogP contribution in [0.2, 0.25) is 0 Å². The maximum Gasteiger partial charge on any atom is 0.191 e. The van der Waals surface area contributed by atoms with Crippen LogP contribution in [0.3, 0.4) is 0 Å². The summed E-state index contributed by atoms with van der Waals surface area (Å²) in [4.78, 5) is 4.44. The fourth-order valence-corrected chi connectivity index (χ4v) is 2.15. The van der Waals surface area contributed by atoms with Crippen LogP contribution in [-0.4, -0.2) is 50.0 Å². The number of hydrogen-bond donors (Lipinski definition) is 3. The van der Waals surface area contributed by atoms with Gasteiger partial charge in [-0.05, 0) is 24.8 Å². The Kier molecular flexibility index (Phi) is 14.9. The molecule has 0 fully saturated rings. The molecule has 0 amide bonds. The summed E-state index contributed by atoms with van der Waals surface area (Å²) < 4.78 is 5.58. The molecule has 5 nitrogen and oxygen atoms in total. The molecule has 0 bridgehead atoms. The van der Waals surface area contributed by atoms with Gasteiger partial charge in [0.05, 0.1) is 19.3 Å². The maximum absolute atomic E-state index is 10.1. The van der Waals surface area contributed by atoms with Crippen molar-refractivity contribution in [3.05, 3.63) is 35.9 Å². The maximum atomic E-state index is 10.1. The first kappa shape index (κ1) is 24.1. The Morgan fingerprint density at radius 2 is 1.88 bits per heavy atom. The smallest absolute Gasteiger partial charge is 0.191 e. The highest BCUT2D eigenvalue weighted by Gasteiger charge is 2.05. The molecule has 25 heavy (non-hydrogen) atoms. The minimum absolute atomic E-state index is 0. The summed E-state index contributed by atoms with van der Waals surface area (Å²) >= 11 is 0. The lowest BCUT2D eigenvalue weighted by Gasteiger charge is -2.13. The second-order valence-corrected chi connectivity index (χ2v) is 6.28. The summed E-state index contributed by atoms with van der Waals surface area (Å²) in [5, 5.41) is 16.5. The minimum atomic E-state index is -0.481. The number of nitrogens with zero attached hydrogens (tertiary/aromatic N) is 1. The van der Waals surface area contributed by atoms with Crippen molar-refractivity contribution in [2.75, 3.05) is 32.8 Å². The van der Waals surface area contributed by atoms with Gasteiger partial charge in [-0.15, -0.1) is 24.0 Å². The SMILES string of the molecule is CCNC(=NCC(O)Cc1ccccc1)NCCOCCC(C)C.I. The summed E-state index contributed by atoms with van der Waals surface area (Å²) in [6, 6.07) is 9.98. The summed E-state index contributed by atoms with van der Waals surface area (Å²) in [5.41, 5.74) is 1.12. The molecule has 6 heteroatoms. The first-order valence-corrected chi connectivity index (χ1v) is 8.93. The molecular formula is C19H34IN3O2. The van der Waals surface area contributed by atoms with E-state index in [1.165, 1.54) is 0 Å². The monoisotopic (exact) mass is 463 g/mol. The number of guanidine groups is 1. The molecule has 0 aromatic heterocycles. The van der Waals surface area contributed by atoms with Gasteiger partial charge >= 0.3 is 0 Å². The molecule has 0 heterocycles. The number of aliphatic imine (C=N–C) groups is 1. The van der Waals surface area contributed by atoms with Crippen LogP contribution in [0.5, 0.6) is 0 Å². The Morgan fingerprint density at radius 3 is 2.52 bits per heavy atom. The molecule has 0 aliphatic rings. The van der Waals surface area contributed by atoms with Gasteiger partial charge in [-0.2, -0.15) is 0 Å². The second-order valence-electron chi connectivity index (χ2n) is 6.28. The number of benzene rings is 1. The lowest BCUT2D eigenvalue weighted by Crippen LogP contribution is -2.39. The van der Waals surface area contributed by atoms with Gasteiger partial charge in [0.1, 0.15) is 0 Å². The third kappa shape index (κ3) is 13.1. The van der Waals surface area contributed by atoms with E-state index < -0.39 is 6.10 Å². The number of hydrogen-bond acceptors (Lipinski definition) is 3.